The molecule has 0 aliphatic heterocycles. The number of allylic oxidation sites excluding steroid dienone is 8. The average molecular weight is 839 g/mol. The Morgan fingerprint density at radius 3 is 1.50 bits per heavy atom. The SMILES string of the molecule is CCCCC/C=C/C/C=C/CCCCCCCCCCCC(=O)OC[C@H](COP(=O)(O)OCC[N+](C)(C)C)OC(=O)CCCCCCC/C=C/C=C/CCCCCC. The molecule has 0 aliphatic rings. The van der Waals surface area contributed by atoms with Gasteiger partial charge in [0.05, 0.1) is 27.7 Å². The summed E-state index contributed by atoms with van der Waals surface area (Å²) in [5.74, 6) is -0.821. The Morgan fingerprint density at radius 2 is 0.983 bits per heavy atom. The summed E-state index contributed by atoms with van der Waals surface area (Å²) in [5, 5.41) is 0. The lowest BCUT2D eigenvalue weighted by molar-refractivity contribution is -0.870. The Balaban J connectivity index is 4.34. The molecule has 1 unspecified atom stereocenters. The Hall–Kier alpha value is -2.03. The van der Waals surface area contributed by atoms with E-state index >= 15 is 0 Å². The summed E-state index contributed by atoms with van der Waals surface area (Å²) in [7, 11) is 1.46. The molecule has 0 aliphatic carbocycles. The van der Waals surface area contributed by atoms with Gasteiger partial charge in [-0.1, -0.05) is 159 Å². The molecule has 0 aromatic rings. The highest BCUT2D eigenvalue weighted by Gasteiger charge is 2.27. The summed E-state index contributed by atoms with van der Waals surface area (Å²) >= 11 is 0. The fraction of sp³-hybridized carbons (Fsp3) is 0.792. The molecule has 0 rings (SSSR count). The van der Waals surface area contributed by atoms with Crippen LogP contribution in [-0.2, 0) is 32.7 Å². The highest BCUT2D eigenvalue weighted by molar-refractivity contribution is 7.47. The van der Waals surface area contributed by atoms with Crippen molar-refractivity contribution in [2.75, 3.05) is 47.5 Å². The first kappa shape index (κ1) is 56.0. The first-order valence-electron chi connectivity index (χ1n) is 23.4. The van der Waals surface area contributed by atoms with Crippen molar-refractivity contribution >= 4 is 19.8 Å². The fourth-order valence-corrected chi connectivity index (χ4v) is 6.89. The van der Waals surface area contributed by atoms with E-state index in [-0.39, 0.29) is 32.0 Å². The minimum atomic E-state index is -4.38. The van der Waals surface area contributed by atoms with E-state index in [9.17, 15) is 19.0 Å². The lowest BCUT2D eigenvalue weighted by Gasteiger charge is -2.24. The van der Waals surface area contributed by atoms with Gasteiger partial charge >= 0.3 is 19.8 Å². The van der Waals surface area contributed by atoms with E-state index < -0.39 is 26.5 Å². The molecule has 1 N–H and O–H groups in total. The second-order valence-electron chi connectivity index (χ2n) is 16.8. The van der Waals surface area contributed by atoms with Crippen molar-refractivity contribution in [2.24, 2.45) is 0 Å². The van der Waals surface area contributed by atoms with E-state index in [1.54, 1.807) is 0 Å². The average Bonchev–Trinajstić information content (AvgIpc) is 3.17. The van der Waals surface area contributed by atoms with Crippen LogP contribution in [0.1, 0.15) is 194 Å². The van der Waals surface area contributed by atoms with Gasteiger partial charge in [0.1, 0.15) is 19.8 Å². The van der Waals surface area contributed by atoms with Crippen molar-refractivity contribution in [1.82, 2.24) is 0 Å². The maximum absolute atomic E-state index is 12.7. The zero-order valence-corrected chi connectivity index (χ0v) is 38.9. The number of hydrogen-bond acceptors (Lipinski definition) is 7. The van der Waals surface area contributed by atoms with E-state index in [4.69, 9.17) is 18.5 Å². The second-order valence-corrected chi connectivity index (χ2v) is 18.3. The van der Waals surface area contributed by atoms with E-state index in [0.717, 1.165) is 64.2 Å². The van der Waals surface area contributed by atoms with Gasteiger partial charge in [-0.2, -0.15) is 0 Å². The number of esters is 2. The molecule has 0 radical (unpaired) electrons. The number of unbranched alkanes of at least 4 members (excludes halogenated alkanes) is 21. The molecule has 2 atom stereocenters. The number of carbonyl (C=O) groups excluding carboxylic acids is 2. The van der Waals surface area contributed by atoms with Gasteiger partial charge in [0.25, 0.3) is 0 Å². The summed E-state index contributed by atoms with van der Waals surface area (Å²) < 4.78 is 34.3. The number of hydrogen-bond donors (Lipinski definition) is 1. The van der Waals surface area contributed by atoms with Crippen LogP contribution in [0.4, 0.5) is 0 Å². The molecule has 58 heavy (non-hydrogen) atoms. The summed E-state index contributed by atoms with van der Waals surface area (Å²) in [4.78, 5) is 35.4. The highest BCUT2D eigenvalue weighted by Crippen LogP contribution is 2.43. The largest absolute Gasteiger partial charge is 0.472 e. The number of phosphoric ester groups is 1. The van der Waals surface area contributed by atoms with Gasteiger partial charge in [0.15, 0.2) is 6.10 Å². The normalized spacial score (nSPS) is 14.0. The molecule has 0 bridgehead atoms. The molecular formula is C48H89NO8P+. The van der Waals surface area contributed by atoms with Crippen LogP contribution in [0.2, 0.25) is 0 Å². The molecular weight excluding hydrogens is 750 g/mol. The number of phosphoric acid groups is 1. The van der Waals surface area contributed by atoms with Gasteiger partial charge < -0.3 is 18.9 Å². The van der Waals surface area contributed by atoms with Gasteiger partial charge in [-0.05, 0) is 70.6 Å². The third-order valence-electron chi connectivity index (χ3n) is 9.86. The Morgan fingerprint density at radius 1 is 0.552 bits per heavy atom. The quantitative estimate of drug-likeness (QED) is 0.0162. The van der Waals surface area contributed by atoms with Crippen LogP contribution in [-0.4, -0.2) is 74.9 Å². The van der Waals surface area contributed by atoms with Gasteiger partial charge in [0, 0.05) is 12.8 Å². The number of carbonyl (C=O) groups is 2. The van der Waals surface area contributed by atoms with E-state index in [1.807, 2.05) is 21.1 Å². The monoisotopic (exact) mass is 839 g/mol. The second kappa shape index (κ2) is 40.4. The zero-order valence-electron chi connectivity index (χ0n) is 38.0. The van der Waals surface area contributed by atoms with Crippen molar-refractivity contribution in [3.8, 4) is 0 Å². The molecule has 9 nitrogen and oxygen atoms in total. The predicted octanol–water partition coefficient (Wildman–Crippen LogP) is 13.5. The predicted molar refractivity (Wildman–Crippen MR) is 243 cm³/mol. The maximum Gasteiger partial charge on any atom is 0.472 e. The standard InChI is InChI=1S/C48H88NO8P/c1-6-8-10-12-14-16-18-20-22-23-24-25-27-28-30-32-34-36-38-40-47(50)54-44-46(45-56-58(52,53)55-43-42-49(3,4)5)57-48(51)41-39-37-35-33-31-29-26-21-19-17-15-13-11-9-7-2/h14,16-17,19-22,26,46H,6-13,15,18,23-25,27-45H2,1-5H3/p+1/b16-14+,19-17+,22-20+,26-21+/t46-/m1/s1. The number of ether oxygens (including phenoxy) is 2. The number of rotatable bonds is 42. The van der Waals surface area contributed by atoms with E-state index in [2.05, 4.69) is 62.5 Å². The van der Waals surface area contributed by atoms with Gasteiger partial charge in [0.2, 0.25) is 0 Å². The van der Waals surface area contributed by atoms with Gasteiger partial charge in [-0.15, -0.1) is 0 Å². The van der Waals surface area contributed by atoms with Gasteiger partial charge in [-0.3, -0.25) is 18.6 Å². The van der Waals surface area contributed by atoms with Crippen LogP contribution < -0.4 is 0 Å². The molecule has 0 saturated heterocycles. The fourth-order valence-electron chi connectivity index (χ4n) is 6.15. The van der Waals surface area contributed by atoms with E-state index in [1.165, 1.54) is 96.3 Å². The smallest absolute Gasteiger partial charge is 0.462 e. The van der Waals surface area contributed by atoms with Crippen LogP contribution >= 0.6 is 7.82 Å². The Bertz CT molecular complexity index is 1130. The first-order valence-corrected chi connectivity index (χ1v) is 24.9. The number of nitrogens with zero attached hydrogens (tertiary/aromatic N) is 1. The van der Waals surface area contributed by atoms with E-state index in [0.29, 0.717) is 17.4 Å². The third kappa shape index (κ3) is 43.5. The lowest BCUT2D eigenvalue weighted by atomic mass is 10.1. The van der Waals surface area contributed by atoms with Crippen LogP contribution in [0, 0.1) is 0 Å². The zero-order chi connectivity index (χ0) is 42.8. The summed E-state index contributed by atoms with van der Waals surface area (Å²) in [5.41, 5.74) is 0. The van der Waals surface area contributed by atoms with Crippen molar-refractivity contribution < 1.29 is 42.1 Å². The topological polar surface area (TPSA) is 108 Å². The minimum absolute atomic E-state index is 0.0266. The molecule has 0 fully saturated rings. The molecule has 0 aromatic carbocycles. The molecule has 0 amide bonds. The molecule has 0 heterocycles. The van der Waals surface area contributed by atoms with Crippen molar-refractivity contribution in [2.45, 2.75) is 200 Å². The van der Waals surface area contributed by atoms with Crippen LogP contribution in [0.15, 0.2) is 48.6 Å². The Labute approximate surface area is 356 Å². The molecule has 0 saturated carbocycles. The van der Waals surface area contributed by atoms with Crippen LogP contribution in [0.5, 0.6) is 0 Å². The van der Waals surface area contributed by atoms with Crippen LogP contribution in [0.3, 0.4) is 0 Å². The summed E-state index contributed by atoms with van der Waals surface area (Å²) in [6, 6.07) is 0. The van der Waals surface area contributed by atoms with Crippen molar-refractivity contribution in [3.05, 3.63) is 48.6 Å². The molecule has 338 valence electrons. The summed E-state index contributed by atoms with van der Waals surface area (Å²) in [6.07, 6.45) is 47.2. The molecule has 0 spiro atoms. The van der Waals surface area contributed by atoms with Gasteiger partial charge in [-0.25, -0.2) is 4.57 Å². The highest BCUT2D eigenvalue weighted by atomic mass is 31.2. The number of quaternary nitrogens is 1. The number of likely N-dealkylation sites (N-methyl/N-ethyl adjacent to an activating group) is 1. The maximum atomic E-state index is 12.7. The minimum Gasteiger partial charge on any atom is -0.462 e. The van der Waals surface area contributed by atoms with Crippen molar-refractivity contribution in [1.29, 1.82) is 0 Å². The Kier molecular flexibility index (Phi) is 39.0. The summed E-state index contributed by atoms with van der Waals surface area (Å²) in [6.45, 7) is 4.36. The first-order chi connectivity index (χ1) is 28.0. The molecule has 10 heteroatoms. The van der Waals surface area contributed by atoms with Crippen LogP contribution in [0.25, 0.3) is 0 Å². The third-order valence-corrected chi connectivity index (χ3v) is 10.8. The lowest BCUT2D eigenvalue weighted by Crippen LogP contribution is -2.37. The molecule has 0 aromatic heterocycles. The van der Waals surface area contributed by atoms with Crippen molar-refractivity contribution in [3.63, 3.8) is 0 Å².